The van der Waals surface area contributed by atoms with Gasteiger partial charge in [0.05, 0.1) is 6.61 Å². The number of hydrogen-bond acceptors (Lipinski definition) is 3. The average molecular weight is 327 g/mol. The lowest BCUT2D eigenvalue weighted by Gasteiger charge is -2.20. The minimum atomic E-state index is -0.376. The lowest BCUT2D eigenvalue weighted by atomic mass is 10.1. The predicted octanol–water partition coefficient (Wildman–Crippen LogP) is 3.25. The Kier molecular flexibility index (Phi) is 4.91. The third-order valence-electron chi connectivity index (χ3n) is 3.86. The highest BCUT2D eigenvalue weighted by Crippen LogP contribution is 2.21. The van der Waals surface area contributed by atoms with E-state index in [1.807, 2.05) is 30.3 Å². The topological polar surface area (TPSA) is 53.7 Å². The number of nitrogens with zero attached hydrogens (tertiary/aromatic N) is 1. The summed E-state index contributed by atoms with van der Waals surface area (Å²) in [6.07, 6.45) is 0.682. The number of rotatable bonds is 6. The minimum absolute atomic E-state index is 0.130. The van der Waals surface area contributed by atoms with Crippen LogP contribution in [-0.4, -0.2) is 35.6 Å². The molecule has 1 aromatic heterocycles. The second-order valence-electron chi connectivity index (χ2n) is 5.54. The number of carbonyl (C=O) groups is 1. The molecule has 0 radical (unpaired) electrons. The van der Waals surface area contributed by atoms with Crippen LogP contribution in [0.25, 0.3) is 11.0 Å². The van der Waals surface area contributed by atoms with Gasteiger partial charge in [-0.3, -0.25) is 4.79 Å². The van der Waals surface area contributed by atoms with Crippen LogP contribution in [0, 0.1) is 5.82 Å². The molecule has 5 heteroatoms. The minimum Gasteiger partial charge on any atom is -0.451 e. The van der Waals surface area contributed by atoms with Crippen LogP contribution in [0.3, 0.4) is 0 Å². The maximum atomic E-state index is 13.3. The first kappa shape index (κ1) is 16.2. The Balaban J connectivity index is 1.77. The van der Waals surface area contributed by atoms with Crippen molar-refractivity contribution in [3.8, 4) is 0 Å². The summed E-state index contributed by atoms with van der Waals surface area (Å²) in [6.45, 7) is 0.557. The summed E-state index contributed by atoms with van der Waals surface area (Å²) in [5, 5.41) is 9.78. The number of halogens is 1. The van der Waals surface area contributed by atoms with Crippen LogP contribution in [0.4, 0.5) is 4.39 Å². The zero-order valence-electron chi connectivity index (χ0n) is 13.1. The molecule has 0 aliphatic carbocycles. The van der Waals surface area contributed by atoms with Crippen molar-refractivity contribution in [2.24, 2.45) is 0 Å². The van der Waals surface area contributed by atoms with Crippen LogP contribution in [0.2, 0.25) is 0 Å². The second-order valence-corrected chi connectivity index (χ2v) is 5.54. The summed E-state index contributed by atoms with van der Waals surface area (Å²) in [5.41, 5.74) is 1.58. The van der Waals surface area contributed by atoms with Gasteiger partial charge in [-0.25, -0.2) is 4.39 Å². The quantitative estimate of drug-likeness (QED) is 0.756. The number of furan rings is 1. The monoisotopic (exact) mass is 327 g/mol. The molecule has 0 atom stereocenters. The van der Waals surface area contributed by atoms with Gasteiger partial charge in [0.2, 0.25) is 0 Å². The lowest BCUT2D eigenvalue weighted by Crippen LogP contribution is -2.35. The van der Waals surface area contributed by atoms with Gasteiger partial charge in [-0.1, -0.05) is 30.3 Å². The predicted molar refractivity (Wildman–Crippen MR) is 89.3 cm³/mol. The van der Waals surface area contributed by atoms with E-state index < -0.39 is 0 Å². The number of hydrogen-bond donors (Lipinski definition) is 1. The molecule has 24 heavy (non-hydrogen) atoms. The molecule has 0 unspecified atom stereocenters. The molecule has 1 amide bonds. The molecular formula is C19H18FNO3. The Morgan fingerprint density at radius 2 is 1.88 bits per heavy atom. The molecule has 0 aliphatic heterocycles. The van der Waals surface area contributed by atoms with Crippen molar-refractivity contribution < 1.29 is 18.7 Å². The van der Waals surface area contributed by atoms with Crippen LogP contribution in [0.5, 0.6) is 0 Å². The largest absolute Gasteiger partial charge is 0.451 e. The number of fused-ring (bicyclic) bond motifs is 1. The summed E-state index contributed by atoms with van der Waals surface area (Å²) in [5.74, 6) is -0.535. The van der Waals surface area contributed by atoms with Gasteiger partial charge in [0.25, 0.3) is 5.91 Å². The van der Waals surface area contributed by atoms with Crippen molar-refractivity contribution in [3.63, 3.8) is 0 Å². The number of carbonyl (C=O) groups excluding carboxylic acids is 1. The Morgan fingerprint density at radius 1 is 1.08 bits per heavy atom. The van der Waals surface area contributed by atoms with Gasteiger partial charge in [0.1, 0.15) is 11.4 Å². The SMILES string of the molecule is O=C(c1cc2cc(F)ccc2o1)N(CCO)CCc1ccccc1. The first-order chi connectivity index (χ1) is 11.7. The molecule has 0 spiro atoms. The van der Waals surface area contributed by atoms with Gasteiger partial charge in [0, 0.05) is 18.5 Å². The zero-order valence-corrected chi connectivity index (χ0v) is 13.1. The molecule has 3 aromatic rings. The van der Waals surface area contributed by atoms with E-state index in [-0.39, 0.29) is 30.6 Å². The maximum absolute atomic E-state index is 13.3. The molecule has 0 saturated carbocycles. The van der Waals surface area contributed by atoms with E-state index >= 15 is 0 Å². The Bertz CT molecular complexity index is 829. The average Bonchev–Trinajstić information content (AvgIpc) is 3.02. The lowest BCUT2D eigenvalue weighted by molar-refractivity contribution is 0.0694. The summed E-state index contributed by atoms with van der Waals surface area (Å²) >= 11 is 0. The first-order valence-electron chi connectivity index (χ1n) is 7.80. The highest BCUT2D eigenvalue weighted by molar-refractivity contribution is 5.96. The van der Waals surface area contributed by atoms with Crippen molar-refractivity contribution in [1.82, 2.24) is 4.90 Å². The molecule has 4 nitrogen and oxygen atoms in total. The molecule has 2 aromatic carbocycles. The van der Waals surface area contributed by atoms with E-state index in [4.69, 9.17) is 4.42 Å². The fourth-order valence-corrected chi connectivity index (χ4v) is 2.62. The van der Waals surface area contributed by atoms with Gasteiger partial charge in [0.15, 0.2) is 5.76 Å². The van der Waals surface area contributed by atoms with Crippen LogP contribution in [0.1, 0.15) is 16.1 Å². The van der Waals surface area contributed by atoms with Crippen molar-refractivity contribution in [1.29, 1.82) is 0 Å². The molecule has 3 rings (SSSR count). The van der Waals surface area contributed by atoms with Crippen LogP contribution in [-0.2, 0) is 6.42 Å². The van der Waals surface area contributed by atoms with E-state index in [0.29, 0.717) is 23.9 Å². The summed E-state index contributed by atoms with van der Waals surface area (Å²) in [4.78, 5) is 14.2. The zero-order chi connectivity index (χ0) is 16.9. The van der Waals surface area contributed by atoms with Crippen molar-refractivity contribution in [2.75, 3.05) is 19.7 Å². The molecule has 0 fully saturated rings. The number of aliphatic hydroxyl groups excluding tert-OH is 1. The molecule has 1 heterocycles. The number of amides is 1. The van der Waals surface area contributed by atoms with Gasteiger partial charge in [-0.15, -0.1) is 0 Å². The second kappa shape index (κ2) is 7.27. The molecule has 1 N–H and O–H groups in total. The van der Waals surface area contributed by atoms with Crippen molar-refractivity contribution >= 4 is 16.9 Å². The molecule has 124 valence electrons. The summed E-state index contributed by atoms with van der Waals surface area (Å²) in [6, 6.07) is 15.5. The van der Waals surface area contributed by atoms with Crippen LogP contribution < -0.4 is 0 Å². The summed E-state index contributed by atoms with van der Waals surface area (Å²) < 4.78 is 18.8. The molecular weight excluding hydrogens is 309 g/mol. The fourth-order valence-electron chi connectivity index (χ4n) is 2.62. The normalized spacial score (nSPS) is 10.9. The van der Waals surface area contributed by atoms with E-state index in [2.05, 4.69) is 0 Å². The van der Waals surface area contributed by atoms with Crippen molar-refractivity contribution in [2.45, 2.75) is 6.42 Å². The highest BCUT2D eigenvalue weighted by Gasteiger charge is 2.19. The van der Waals surface area contributed by atoms with E-state index in [1.165, 1.54) is 24.3 Å². The van der Waals surface area contributed by atoms with E-state index in [1.54, 1.807) is 4.90 Å². The van der Waals surface area contributed by atoms with Crippen LogP contribution >= 0.6 is 0 Å². The molecule has 0 saturated heterocycles. The smallest absolute Gasteiger partial charge is 0.289 e. The fraction of sp³-hybridized carbons (Fsp3) is 0.211. The molecule has 0 bridgehead atoms. The third kappa shape index (κ3) is 3.63. The Labute approximate surface area is 139 Å². The van der Waals surface area contributed by atoms with Gasteiger partial charge < -0.3 is 14.4 Å². The van der Waals surface area contributed by atoms with Gasteiger partial charge >= 0.3 is 0 Å². The standard InChI is InChI=1S/C19H18FNO3/c20-16-6-7-17-15(12-16)13-18(24-17)19(23)21(10-11-22)9-8-14-4-2-1-3-5-14/h1-7,12-13,22H,8-11H2. The molecule has 0 aliphatic rings. The highest BCUT2D eigenvalue weighted by atomic mass is 19.1. The van der Waals surface area contributed by atoms with E-state index in [0.717, 1.165) is 5.56 Å². The number of aliphatic hydroxyl groups is 1. The Morgan fingerprint density at radius 3 is 2.62 bits per heavy atom. The van der Waals surface area contributed by atoms with Crippen LogP contribution in [0.15, 0.2) is 59.0 Å². The Hall–Kier alpha value is -2.66. The van der Waals surface area contributed by atoms with E-state index in [9.17, 15) is 14.3 Å². The third-order valence-corrected chi connectivity index (χ3v) is 3.86. The maximum Gasteiger partial charge on any atom is 0.289 e. The number of benzene rings is 2. The summed E-state index contributed by atoms with van der Waals surface area (Å²) in [7, 11) is 0. The van der Waals surface area contributed by atoms with Gasteiger partial charge in [-0.05, 0) is 36.2 Å². The van der Waals surface area contributed by atoms with Gasteiger partial charge in [-0.2, -0.15) is 0 Å². The first-order valence-corrected chi connectivity index (χ1v) is 7.80. The van der Waals surface area contributed by atoms with Crippen molar-refractivity contribution in [3.05, 3.63) is 71.7 Å².